The second-order valence-corrected chi connectivity index (χ2v) is 5.49. The first-order valence-corrected chi connectivity index (χ1v) is 7.36. The molecule has 3 aromatic rings. The summed E-state index contributed by atoms with van der Waals surface area (Å²) < 4.78 is 21.7. The van der Waals surface area contributed by atoms with Crippen LogP contribution in [0, 0.1) is 19.8 Å². The minimum atomic E-state index is -0.574. The molecule has 10 heteroatoms. The van der Waals surface area contributed by atoms with Crippen LogP contribution in [-0.2, 0) is 14.1 Å². The Morgan fingerprint density at radius 1 is 1.32 bits per heavy atom. The van der Waals surface area contributed by atoms with Crippen molar-refractivity contribution in [1.29, 1.82) is 0 Å². The Morgan fingerprint density at radius 2 is 2.08 bits per heavy atom. The average Bonchev–Trinajstić information content (AvgIpc) is 3.21. The van der Waals surface area contributed by atoms with Gasteiger partial charge in [-0.2, -0.15) is 19.7 Å². The molecule has 0 unspecified atom stereocenters. The molecule has 1 amide bonds. The van der Waals surface area contributed by atoms with Crippen LogP contribution < -0.4 is 5.43 Å². The van der Waals surface area contributed by atoms with Gasteiger partial charge in [0.2, 0.25) is 5.95 Å². The fourth-order valence-corrected chi connectivity index (χ4v) is 2.36. The van der Waals surface area contributed by atoms with E-state index in [0.29, 0.717) is 11.5 Å². The lowest BCUT2D eigenvalue weighted by Gasteiger charge is -1.94. The Hall–Kier alpha value is -3.30. The van der Waals surface area contributed by atoms with Crippen LogP contribution in [0.25, 0.3) is 11.3 Å². The van der Waals surface area contributed by atoms with Gasteiger partial charge in [0.15, 0.2) is 11.5 Å². The van der Waals surface area contributed by atoms with Gasteiger partial charge in [-0.05, 0) is 13.8 Å². The number of rotatable bonds is 4. The lowest BCUT2D eigenvalue weighted by molar-refractivity contribution is 0.0946. The van der Waals surface area contributed by atoms with Crippen LogP contribution in [0.1, 0.15) is 27.4 Å². The number of aryl methyl sites for hydroxylation is 4. The Bertz CT molecular complexity index is 967. The highest BCUT2D eigenvalue weighted by molar-refractivity contribution is 5.94. The van der Waals surface area contributed by atoms with Gasteiger partial charge in [0.25, 0.3) is 5.91 Å². The summed E-state index contributed by atoms with van der Waals surface area (Å²) in [6.45, 7) is 3.47. The monoisotopic (exact) mass is 345 g/mol. The second kappa shape index (κ2) is 6.30. The van der Waals surface area contributed by atoms with Gasteiger partial charge in [0.1, 0.15) is 0 Å². The summed E-state index contributed by atoms with van der Waals surface area (Å²) in [6.07, 6.45) is 2.96. The molecule has 130 valence electrons. The van der Waals surface area contributed by atoms with E-state index in [4.69, 9.17) is 4.52 Å². The van der Waals surface area contributed by atoms with Gasteiger partial charge in [-0.15, -0.1) is 0 Å². The summed E-state index contributed by atoms with van der Waals surface area (Å²) in [5, 5.41) is 15.6. The molecule has 9 nitrogen and oxygen atoms in total. The molecule has 3 heterocycles. The van der Waals surface area contributed by atoms with Gasteiger partial charge in [-0.25, -0.2) is 10.1 Å². The standard InChI is InChI=1S/C15H16FN7O2/c1-8-10(14(16)23(4)20-8)6-17-18-15(24)12-5-13(25-21-12)11-7-22(3)19-9(11)2/h5-7H,1-4H3,(H,18,24)/b17-6+. The van der Waals surface area contributed by atoms with E-state index in [1.807, 2.05) is 6.92 Å². The van der Waals surface area contributed by atoms with Crippen molar-refractivity contribution < 1.29 is 13.7 Å². The summed E-state index contributed by atoms with van der Waals surface area (Å²) >= 11 is 0. The third-order valence-corrected chi connectivity index (χ3v) is 3.58. The largest absolute Gasteiger partial charge is 0.355 e. The minimum absolute atomic E-state index is 0.0544. The highest BCUT2D eigenvalue weighted by Gasteiger charge is 2.16. The highest BCUT2D eigenvalue weighted by atomic mass is 19.1. The third-order valence-electron chi connectivity index (χ3n) is 3.58. The molecule has 0 aliphatic heterocycles. The van der Waals surface area contributed by atoms with Crippen LogP contribution in [0.15, 0.2) is 21.9 Å². The van der Waals surface area contributed by atoms with E-state index < -0.39 is 11.9 Å². The molecule has 0 bridgehead atoms. The van der Waals surface area contributed by atoms with E-state index in [9.17, 15) is 9.18 Å². The van der Waals surface area contributed by atoms with Crippen molar-refractivity contribution in [3.8, 4) is 11.3 Å². The fraction of sp³-hybridized carbons (Fsp3) is 0.267. The third kappa shape index (κ3) is 3.18. The summed E-state index contributed by atoms with van der Waals surface area (Å²) in [5.41, 5.74) is 4.50. The number of nitrogens with zero attached hydrogens (tertiary/aromatic N) is 6. The van der Waals surface area contributed by atoms with Crippen molar-refractivity contribution in [2.75, 3.05) is 0 Å². The van der Waals surface area contributed by atoms with Gasteiger partial charge in [-0.3, -0.25) is 9.48 Å². The van der Waals surface area contributed by atoms with Gasteiger partial charge < -0.3 is 4.52 Å². The first kappa shape index (κ1) is 16.6. The Balaban J connectivity index is 1.72. The first-order valence-electron chi connectivity index (χ1n) is 7.36. The van der Waals surface area contributed by atoms with E-state index in [1.54, 1.807) is 24.9 Å². The lowest BCUT2D eigenvalue weighted by Crippen LogP contribution is -2.18. The Kier molecular flexibility index (Phi) is 4.17. The van der Waals surface area contributed by atoms with Crippen LogP contribution in [0.2, 0.25) is 0 Å². The molecule has 0 aliphatic carbocycles. The second-order valence-electron chi connectivity index (χ2n) is 5.49. The average molecular weight is 345 g/mol. The van der Waals surface area contributed by atoms with E-state index >= 15 is 0 Å². The summed E-state index contributed by atoms with van der Waals surface area (Å²) in [4.78, 5) is 12.1. The van der Waals surface area contributed by atoms with Crippen molar-refractivity contribution in [1.82, 2.24) is 30.1 Å². The molecule has 0 radical (unpaired) electrons. The molecule has 0 fully saturated rings. The molecule has 0 aromatic carbocycles. The van der Waals surface area contributed by atoms with Gasteiger partial charge >= 0.3 is 0 Å². The predicted molar refractivity (Wildman–Crippen MR) is 86.4 cm³/mol. The molecule has 1 N–H and O–H groups in total. The number of hydrazone groups is 1. The SMILES string of the molecule is Cc1nn(C)cc1-c1cc(C(=O)N/N=C/c2c(C)nn(C)c2F)no1. The maximum absolute atomic E-state index is 13.8. The first-order chi connectivity index (χ1) is 11.9. The van der Waals surface area contributed by atoms with Crippen LogP contribution in [0.3, 0.4) is 0 Å². The maximum Gasteiger partial charge on any atom is 0.293 e. The summed E-state index contributed by atoms with van der Waals surface area (Å²) in [6, 6.07) is 1.49. The quantitative estimate of drug-likeness (QED) is 0.567. The zero-order valence-corrected chi connectivity index (χ0v) is 14.1. The van der Waals surface area contributed by atoms with Gasteiger partial charge in [-0.1, -0.05) is 5.16 Å². The zero-order valence-electron chi connectivity index (χ0n) is 14.1. The number of carbonyl (C=O) groups is 1. The van der Waals surface area contributed by atoms with Crippen LogP contribution in [0.4, 0.5) is 4.39 Å². The smallest absolute Gasteiger partial charge is 0.293 e. The topological polar surface area (TPSA) is 103 Å². The van der Waals surface area contributed by atoms with Gasteiger partial charge in [0, 0.05) is 26.4 Å². The Labute approximate surface area is 142 Å². The number of hydrogen-bond acceptors (Lipinski definition) is 6. The fourth-order valence-electron chi connectivity index (χ4n) is 2.36. The maximum atomic E-state index is 13.8. The van der Waals surface area contributed by atoms with Crippen molar-refractivity contribution in [2.24, 2.45) is 19.2 Å². The van der Waals surface area contributed by atoms with Crippen LogP contribution in [0.5, 0.6) is 0 Å². The van der Waals surface area contributed by atoms with E-state index in [1.165, 1.54) is 19.3 Å². The predicted octanol–water partition coefficient (Wildman–Crippen LogP) is 1.33. The Morgan fingerprint density at radius 3 is 2.68 bits per heavy atom. The van der Waals surface area contributed by atoms with Crippen molar-refractivity contribution >= 4 is 12.1 Å². The number of amides is 1. The number of nitrogens with one attached hydrogen (secondary N) is 1. The van der Waals surface area contributed by atoms with E-state index in [-0.39, 0.29) is 11.3 Å². The molecule has 0 spiro atoms. The summed E-state index contributed by atoms with van der Waals surface area (Å²) in [7, 11) is 3.27. The molecule has 0 aliphatic rings. The molecule has 3 rings (SSSR count). The minimum Gasteiger partial charge on any atom is -0.355 e. The molecule has 25 heavy (non-hydrogen) atoms. The molecular formula is C15H16FN7O2. The van der Waals surface area contributed by atoms with Crippen LogP contribution >= 0.6 is 0 Å². The summed E-state index contributed by atoms with van der Waals surface area (Å²) in [5.74, 6) is -0.685. The van der Waals surface area contributed by atoms with Crippen LogP contribution in [-0.4, -0.2) is 36.8 Å². The van der Waals surface area contributed by atoms with E-state index in [2.05, 4.69) is 25.9 Å². The number of carbonyl (C=O) groups excluding carboxylic acids is 1. The molecule has 0 saturated heterocycles. The normalized spacial score (nSPS) is 11.4. The highest BCUT2D eigenvalue weighted by Crippen LogP contribution is 2.22. The van der Waals surface area contributed by atoms with Crippen molar-refractivity contribution in [3.63, 3.8) is 0 Å². The molecule has 0 atom stereocenters. The lowest BCUT2D eigenvalue weighted by atomic mass is 10.2. The number of aromatic nitrogens is 5. The number of halogens is 1. The number of hydrogen-bond donors (Lipinski definition) is 1. The van der Waals surface area contributed by atoms with Crippen molar-refractivity contribution in [3.05, 3.63) is 40.9 Å². The van der Waals surface area contributed by atoms with E-state index in [0.717, 1.165) is 15.9 Å². The van der Waals surface area contributed by atoms with Crippen molar-refractivity contribution in [2.45, 2.75) is 13.8 Å². The molecule has 0 saturated carbocycles. The zero-order chi connectivity index (χ0) is 18.1. The molecule has 3 aromatic heterocycles. The molecular weight excluding hydrogens is 329 g/mol. The van der Waals surface area contributed by atoms with Gasteiger partial charge in [0.05, 0.1) is 28.7 Å².